The van der Waals surface area contributed by atoms with Gasteiger partial charge in [0.2, 0.25) is 0 Å². The molecule has 0 aliphatic heterocycles. The van der Waals surface area contributed by atoms with Crippen molar-refractivity contribution in [2.45, 2.75) is 52.0 Å². The molecular weight excluding hydrogens is 232 g/mol. The first kappa shape index (κ1) is 16.2. The fourth-order valence-electron chi connectivity index (χ4n) is 2.28. The van der Waals surface area contributed by atoms with Gasteiger partial charge in [0.05, 0.1) is 0 Å². The zero-order valence-electron chi connectivity index (χ0n) is 12.9. The topological polar surface area (TPSA) is 29.3 Å². The number of likely N-dealkylation sites (N-methyl/N-ethyl adjacent to an activating group) is 1. The van der Waals surface area contributed by atoms with E-state index in [4.69, 9.17) is 5.73 Å². The van der Waals surface area contributed by atoms with Crippen LogP contribution in [0, 0.1) is 0 Å². The molecule has 0 amide bonds. The van der Waals surface area contributed by atoms with E-state index < -0.39 is 0 Å². The molecule has 1 atom stereocenters. The third kappa shape index (κ3) is 7.34. The molecule has 0 bridgehead atoms. The van der Waals surface area contributed by atoms with Crippen molar-refractivity contribution >= 4 is 0 Å². The van der Waals surface area contributed by atoms with E-state index in [0.717, 1.165) is 25.9 Å². The van der Waals surface area contributed by atoms with E-state index in [1.165, 1.54) is 30.4 Å². The Balaban J connectivity index is 2.23. The predicted molar refractivity (Wildman–Crippen MR) is 84.5 cm³/mol. The summed E-state index contributed by atoms with van der Waals surface area (Å²) in [7, 11) is 2.20. The zero-order chi connectivity index (χ0) is 14.1. The van der Waals surface area contributed by atoms with Crippen molar-refractivity contribution in [1.29, 1.82) is 0 Å². The van der Waals surface area contributed by atoms with Crippen molar-refractivity contribution in [2.24, 2.45) is 5.73 Å². The summed E-state index contributed by atoms with van der Waals surface area (Å²) < 4.78 is 0. The zero-order valence-corrected chi connectivity index (χ0v) is 12.9. The second kappa shape index (κ2) is 9.11. The first-order valence-corrected chi connectivity index (χ1v) is 7.63. The Morgan fingerprint density at radius 3 is 2.16 bits per heavy atom. The Hall–Kier alpha value is -0.860. The summed E-state index contributed by atoms with van der Waals surface area (Å²) in [5.41, 5.74) is 8.66. The Kier molecular flexibility index (Phi) is 7.76. The molecular formula is C17H30N2. The largest absolute Gasteiger partial charge is 0.328 e. The third-order valence-electron chi connectivity index (χ3n) is 3.54. The molecule has 0 heterocycles. The molecule has 0 aliphatic carbocycles. The number of rotatable bonds is 9. The van der Waals surface area contributed by atoms with Crippen LogP contribution in [0.3, 0.4) is 0 Å². The van der Waals surface area contributed by atoms with Gasteiger partial charge in [0.25, 0.3) is 0 Å². The van der Waals surface area contributed by atoms with Crippen LogP contribution >= 0.6 is 0 Å². The molecule has 2 heteroatoms. The van der Waals surface area contributed by atoms with Gasteiger partial charge in [-0.25, -0.2) is 0 Å². The second-order valence-electron chi connectivity index (χ2n) is 5.74. The van der Waals surface area contributed by atoms with Crippen LogP contribution in [0.2, 0.25) is 0 Å². The molecule has 2 N–H and O–H groups in total. The second-order valence-corrected chi connectivity index (χ2v) is 5.74. The highest BCUT2D eigenvalue weighted by Gasteiger charge is 2.01. The Morgan fingerprint density at radius 2 is 1.63 bits per heavy atom. The minimum absolute atomic E-state index is 0.333. The first-order valence-electron chi connectivity index (χ1n) is 7.63. The average molecular weight is 262 g/mol. The highest BCUT2D eigenvalue weighted by Crippen LogP contribution is 2.08. The number of benzene rings is 1. The van der Waals surface area contributed by atoms with Gasteiger partial charge in [0.15, 0.2) is 0 Å². The Bertz CT molecular complexity index is 330. The van der Waals surface area contributed by atoms with Gasteiger partial charge in [-0.05, 0) is 57.3 Å². The number of nitrogens with two attached hydrogens (primary N) is 1. The molecule has 0 aliphatic rings. The van der Waals surface area contributed by atoms with Crippen LogP contribution in [0.25, 0.3) is 0 Å². The minimum Gasteiger partial charge on any atom is -0.328 e. The summed E-state index contributed by atoms with van der Waals surface area (Å²) in [5, 5.41) is 0. The van der Waals surface area contributed by atoms with Crippen LogP contribution in [-0.2, 0) is 12.8 Å². The monoisotopic (exact) mass is 262 g/mol. The number of nitrogens with zero attached hydrogens (tertiary/aromatic N) is 1. The van der Waals surface area contributed by atoms with Crippen molar-refractivity contribution in [3.63, 3.8) is 0 Å². The lowest BCUT2D eigenvalue weighted by atomic mass is 10.1. The van der Waals surface area contributed by atoms with E-state index in [2.05, 4.69) is 50.1 Å². The fraction of sp³-hybridized carbons (Fsp3) is 0.647. The van der Waals surface area contributed by atoms with Gasteiger partial charge < -0.3 is 10.6 Å². The van der Waals surface area contributed by atoms with E-state index in [1.807, 2.05) is 0 Å². The van der Waals surface area contributed by atoms with E-state index >= 15 is 0 Å². The lowest BCUT2D eigenvalue weighted by Gasteiger charge is -2.17. The molecule has 0 aromatic heterocycles. The van der Waals surface area contributed by atoms with Crippen molar-refractivity contribution < 1.29 is 0 Å². The molecule has 2 nitrogen and oxygen atoms in total. The molecule has 19 heavy (non-hydrogen) atoms. The van der Waals surface area contributed by atoms with Crippen LogP contribution in [0.5, 0.6) is 0 Å². The van der Waals surface area contributed by atoms with Crippen LogP contribution in [0.4, 0.5) is 0 Å². The smallest absolute Gasteiger partial charge is 0.00188 e. The van der Waals surface area contributed by atoms with Gasteiger partial charge >= 0.3 is 0 Å². The van der Waals surface area contributed by atoms with Crippen molar-refractivity contribution in [1.82, 2.24) is 4.90 Å². The minimum atomic E-state index is 0.333. The van der Waals surface area contributed by atoms with E-state index in [0.29, 0.717) is 6.04 Å². The molecule has 0 saturated carbocycles. The highest BCUT2D eigenvalue weighted by molar-refractivity contribution is 5.22. The maximum atomic E-state index is 5.76. The number of aryl methyl sites for hydroxylation is 1. The van der Waals surface area contributed by atoms with E-state index in [9.17, 15) is 0 Å². The molecule has 108 valence electrons. The fourth-order valence-corrected chi connectivity index (χ4v) is 2.28. The van der Waals surface area contributed by atoms with Gasteiger partial charge in [-0.3, -0.25) is 0 Å². The lowest BCUT2D eigenvalue weighted by molar-refractivity contribution is 0.326. The molecule has 0 spiro atoms. The Labute approximate surface area is 119 Å². The van der Waals surface area contributed by atoms with Gasteiger partial charge in [-0.15, -0.1) is 0 Å². The van der Waals surface area contributed by atoms with Crippen LogP contribution < -0.4 is 5.73 Å². The quantitative estimate of drug-likeness (QED) is 0.740. The van der Waals surface area contributed by atoms with Crippen molar-refractivity contribution in [3.05, 3.63) is 35.4 Å². The van der Waals surface area contributed by atoms with Crippen molar-refractivity contribution in [3.8, 4) is 0 Å². The Morgan fingerprint density at radius 1 is 1.05 bits per heavy atom. The van der Waals surface area contributed by atoms with Gasteiger partial charge in [0, 0.05) is 12.6 Å². The highest BCUT2D eigenvalue weighted by atomic mass is 15.1. The molecule has 0 radical (unpaired) electrons. The number of hydrogen-bond acceptors (Lipinski definition) is 2. The third-order valence-corrected chi connectivity index (χ3v) is 3.54. The summed E-state index contributed by atoms with van der Waals surface area (Å²) in [4.78, 5) is 2.41. The predicted octanol–water partition coefficient (Wildman–Crippen LogP) is 3.24. The van der Waals surface area contributed by atoms with Crippen LogP contribution in [0.15, 0.2) is 24.3 Å². The van der Waals surface area contributed by atoms with Crippen molar-refractivity contribution in [2.75, 3.05) is 20.1 Å². The van der Waals surface area contributed by atoms with Gasteiger partial charge in [0.1, 0.15) is 0 Å². The standard InChI is InChI=1S/C17H30N2/c1-4-6-16-8-10-17(11-9-16)12-14-19(3)13-5-7-15(2)18/h8-11,15H,4-7,12-14,18H2,1-3H3. The molecule has 1 aromatic rings. The first-order chi connectivity index (χ1) is 9.11. The average Bonchev–Trinajstić information content (AvgIpc) is 2.38. The van der Waals surface area contributed by atoms with Gasteiger partial charge in [-0.1, -0.05) is 37.6 Å². The summed E-state index contributed by atoms with van der Waals surface area (Å²) in [6.45, 7) is 6.59. The SMILES string of the molecule is CCCc1ccc(CCN(C)CCCC(C)N)cc1. The maximum absolute atomic E-state index is 5.76. The molecule has 1 aromatic carbocycles. The molecule has 0 saturated heterocycles. The van der Waals surface area contributed by atoms with Crippen LogP contribution in [-0.4, -0.2) is 31.1 Å². The normalized spacial score (nSPS) is 12.9. The molecule has 0 fully saturated rings. The molecule has 1 rings (SSSR count). The molecule has 1 unspecified atom stereocenters. The van der Waals surface area contributed by atoms with Gasteiger partial charge in [-0.2, -0.15) is 0 Å². The number of hydrogen-bond donors (Lipinski definition) is 1. The maximum Gasteiger partial charge on any atom is 0.00188 e. The summed E-state index contributed by atoms with van der Waals surface area (Å²) in [6, 6.07) is 9.44. The van der Waals surface area contributed by atoms with Crippen LogP contribution in [0.1, 0.15) is 44.2 Å². The van der Waals surface area contributed by atoms with E-state index in [-0.39, 0.29) is 0 Å². The lowest BCUT2D eigenvalue weighted by Crippen LogP contribution is -2.24. The summed E-state index contributed by atoms with van der Waals surface area (Å²) >= 11 is 0. The van der Waals surface area contributed by atoms with E-state index in [1.54, 1.807) is 0 Å². The summed E-state index contributed by atoms with van der Waals surface area (Å²) in [5.74, 6) is 0. The summed E-state index contributed by atoms with van der Waals surface area (Å²) in [6.07, 6.45) is 5.87.